The van der Waals surface area contributed by atoms with E-state index in [1.54, 1.807) is 18.2 Å². The minimum Gasteiger partial charge on any atom is -0.366 e. The topological polar surface area (TPSA) is 43.1 Å². The fourth-order valence-electron chi connectivity index (χ4n) is 0.777. The highest BCUT2D eigenvalue weighted by Crippen LogP contribution is 2.14. The molecule has 0 aromatic carbocycles. The average molecular weight is 158 g/mol. The van der Waals surface area contributed by atoms with E-state index in [0.29, 0.717) is 12.0 Å². The Kier molecular flexibility index (Phi) is 2.12. The van der Waals surface area contributed by atoms with Crippen molar-refractivity contribution in [3.05, 3.63) is 23.8 Å². The Labute approximate surface area is 64.3 Å². The van der Waals surface area contributed by atoms with Gasteiger partial charge in [-0.3, -0.25) is 4.79 Å². The van der Waals surface area contributed by atoms with Crippen molar-refractivity contribution in [3.63, 3.8) is 0 Å². The minimum absolute atomic E-state index is 0.0168. The summed E-state index contributed by atoms with van der Waals surface area (Å²) < 4.78 is 0. The summed E-state index contributed by atoms with van der Waals surface area (Å²) in [7, 11) is 0. The molecule has 0 aromatic rings. The van der Waals surface area contributed by atoms with Crippen molar-refractivity contribution in [2.24, 2.45) is 5.73 Å². The van der Waals surface area contributed by atoms with E-state index in [-0.39, 0.29) is 11.3 Å². The van der Waals surface area contributed by atoms with Crippen molar-refractivity contribution in [2.75, 3.05) is 0 Å². The van der Waals surface area contributed by atoms with Crippen molar-refractivity contribution in [1.82, 2.24) is 0 Å². The lowest BCUT2D eigenvalue weighted by Gasteiger charge is -2.06. The molecule has 0 heterocycles. The fraction of sp³-hybridized carbons (Fsp3) is 0.286. The zero-order chi connectivity index (χ0) is 7.56. The van der Waals surface area contributed by atoms with Crippen molar-refractivity contribution in [3.8, 4) is 0 Å². The van der Waals surface area contributed by atoms with Crippen LogP contribution in [0.3, 0.4) is 0 Å². The van der Waals surface area contributed by atoms with Crippen LogP contribution < -0.4 is 5.73 Å². The monoisotopic (exact) mass is 157 g/mol. The van der Waals surface area contributed by atoms with E-state index >= 15 is 0 Å². The number of alkyl halides is 1. The second-order valence-electron chi connectivity index (χ2n) is 2.13. The van der Waals surface area contributed by atoms with Crippen molar-refractivity contribution in [1.29, 1.82) is 0 Å². The number of allylic oxidation sites excluding steroid dienone is 2. The van der Waals surface area contributed by atoms with Crippen LogP contribution in [-0.4, -0.2) is 11.3 Å². The molecule has 10 heavy (non-hydrogen) atoms. The van der Waals surface area contributed by atoms with Gasteiger partial charge in [0, 0.05) is 5.57 Å². The lowest BCUT2D eigenvalue weighted by atomic mass is 10.1. The van der Waals surface area contributed by atoms with Crippen LogP contribution in [0.2, 0.25) is 0 Å². The van der Waals surface area contributed by atoms with Crippen LogP contribution in [0.4, 0.5) is 0 Å². The van der Waals surface area contributed by atoms with E-state index in [4.69, 9.17) is 17.3 Å². The van der Waals surface area contributed by atoms with Gasteiger partial charge in [-0.05, 0) is 6.42 Å². The number of halogens is 1. The standard InChI is InChI=1S/C7H8ClNO/c8-6-3-1-5(2-4-6)7(9)10/h1-3,6H,4H2,(H2,9,10). The predicted molar refractivity (Wildman–Crippen MR) is 40.7 cm³/mol. The number of nitrogens with two attached hydrogens (primary N) is 1. The van der Waals surface area contributed by atoms with Crippen molar-refractivity contribution in [2.45, 2.75) is 11.8 Å². The molecule has 1 atom stereocenters. The number of amides is 1. The number of hydrogen-bond acceptors (Lipinski definition) is 1. The summed E-state index contributed by atoms with van der Waals surface area (Å²) >= 11 is 5.70. The number of rotatable bonds is 1. The normalized spacial score (nSPS) is 24.1. The molecule has 0 aliphatic heterocycles. The van der Waals surface area contributed by atoms with Crippen LogP contribution in [0.25, 0.3) is 0 Å². The van der Waals surface area contributed by atoms with Gasteiger partial charge in [0.15, 0.2) is 0 Å². The van der Waals surface area contributed by atoms with E-state index in [1.807, 2.05) is 0 Å². The van der Waals surface area contributed by atoms with Crippen molar-refractivity contribution >= 4 is 17.5 Å². The summed E-state index contributed by atoms with van der Waals surface area (Å²) in [6.45, 7) is 0. The third kappa shape index (κ3) is 1.61. The van der Waals surface area contributed by atoms with Crippen LogP contribution in [0, 0.1) is 0 Å². The molecule has 0 aromatic heterocycles. The molecule has 0 radical (unpaired) electrons. The highest BCUT2D eigenvalue weighted by molar-refractivity contribution is 6.22. The van der Waals surface area contributed by atoms with Gasteiger partial charge in [0.2, 0.25) is 5.91 Å². The molecule has 54 valence electrons. The first kappa shape index (κ1) is 7.35. The van der Waals surface area contributed by atoms with Gasteiger partial charge < -0.3 is 5.73 Å². The third-order valence-electron chi connectivity index (χ3n) is 1.33. The van der Waals surface area contributed by atoms with Gasteiger partial charge in [-0.15, -0.1) is 11.6 Å². The summed E-state index contributed by atoms with van der Waals surface area (Å²) in [5.74, 6) is -0.389. The van der Waals surface area contributed by atoms with Crippen LogP contribution in [0.1, 0.15) is 6.42 Å². The van der Waals surface area contributed by atoms with Crippen LogP contribution in [0.15, 0.2) is 23.8 Å². The quantitative estimate of drug-likeness (QED) is 0.567. The number of primary amides is 1. The summed E-state index contributed by atoms with van der Waals surface area (Å²) in [6.07, 6.45) is 5.86. The lowest BCUT2D eigenvalue weighted by Crippen LogP contribution is -2.14. The average Bonchev–Trinajstić information content (AvgIpc) is 1.88. The van der Waals surface area contributed by atoms with Gasteiger partial charge in [-0.1, -0.05) is 18.2 Å². The Balaban J connectivity index is 2.67. The molecule has 0 fully saturated rings. The largest absolute Gasteiger partial charge is 0.366 e. The molecular formula is C7H8ClNO. The first-order chi connectivity index (χ1) is 4.70. The zero-order valence-corrected chi connectivity index (χ0v) is 6.14. The molecular weight excluding hydrogens is 150 g/mol. The second-order valence-corrected chi connectivity index (χ2v) is 2.70. The molecule has 2 nitrogen and oxygen atoms in total. The van der Waals surface area contributed by atoms with Gasteiger partial charge in [0.05, 0.1) is 5.38 Å². The Morgan fingerprint density at radius 1 is 1.80 bits per heavy atom. The maximum absolute atomic E-state index is 10.5. The predicted octanol–water partition coefficient (Wildman–Crippen LogP) is 0.965. The van der Waals surface area contributed by atoms with E-state index in [1.165, 1.54) is 0 Å². The minimum atomic E-state index is -0.389. The summed E-state index contributed by atoms with van der Waals surface area (Å²) in [5.41, 5.74) is 5.56. The number of hydrogen-bond donors (Lipinski definition) is 1. The summed E-state index contributed by atoms with van der Waals surface area (Å²) in [4.78, 5) is 10.5. The molecule has 0 saturated heterocycles. The van der Waals surface area contributed by atoms with Gasteiger partial charge >= 0.3 is 0 Å². The van der Waals surface area contributed by atoms with Gasteiger partial charge in [0.25, 0.3) is 0 Å². The highest BCUT2D eigenvalue weighted by atomic mass is 35.5. The van der Waals surface area contributed by atoms with Crippen molar-refractivity contribution < 1.29 is 4.79 Å². The highest BCUT2D eigenvalue weighted by Gasteiger charge is 2.07. The van der Waals surface area contributed by atoms with Crippen LogP contribution in [0.5, 0.6) is 0 Å². The van der Waals surface area contributed by atoms with E-state index < -0.39 is 0 Å². The Morgan fingerprint density at radius 3 is 2.90 bits per heavy atom. The molecule has 0 saturated carbocycles. The molecule has 3 heteroatoms. The molecule has 0 spiro atoms. The maximum Gasteiger partial charge on any atom is 0.248 e. The Bertz CT molecular complexity index is 208. The summed E-state index contributed by atoms with van der Waals surface area (Å²) in [6, 6.07) is 0. The third-order valence-corrected chi connectivity index (χ3v) is 1.66. The zero-order valence-electron chi connectivity index (χ0n) is 5.38. The second kappa shape index (κ2) is 2.88. The number of carbonyl (C=O) groups is 1. The smallest absolute Gasteiger partial charge is 0.248 e. The first-order valence-corrected chi connectivity index (χ1v) is 3.46. The maximum atomic E-state index is 10.5. The molecule has 1 amide bonds. The van der Waals surface area contributed by atoms with Crippen LogP contribution in [-0.2, 0) is 4.79 Å². The molecule has 0 bridgehead atoms. The van der Waals surface area contributed by atoms with E-state index in [0.717, 1.165) is 0 Å². The molecule has 1 aliphatic carbocycles. The van der Waals surface area contributed by atoms with E-state index in [9.17, 15) is 4.79 Å². The SMILES string of the molecule is NC(=O)C1=CCC(Cl)C=C1. The fourth-order valence-corrected chi connectivity index (χ4v) is 0.939. The summed E-state index contributed by atoms with van der Waals surface area (Å²) in [5, 5.41) is 0.0168. The molecule has 1 aliphatic rings. The molecule has 1 rings (SSSR count). The van der Waals surface area contributed by atoms with Gasteiger partial charge in [-0.25, -0.2) is 0 Å². The Morgan fingerprint density at radius 2 is 2.50 bits per heavy atom. The number of carbonyl (C=O) groups excluding carboxylic acids is 1. The van der Waals surface area contributed by atoms with Gasteiger partial charge in [0.1, 0.15) is 0 Å². The lowest BCUT2D eigenvalue weighted by molar-refractivity contribution is -0.114. The van der Waals surface area contributed by atoms with Gasteiger partial charge in [-0.2, -0.15) is 0 Å². The molecule has 2 N–H and O–H groups in total. The first-order valence-electron chi connectivity index (χ1n) is 3.02. The molecule has 1 unspecified atom stereocenters. The Hall–Kier alpha value is -0.760. The van der Waals surface area contributed by atoms with Crippen LogP contribution >= 0.6 is 11.6 Å². The van der Waals surface area contributed by atoms with E-state index in [2.05, 4.69) is 0 Å².